The maximum atomic E-state index is 11.3. The van der Waals surface area contributed by atoms with Gasteiger partial charge in [0.25, 0.3) is 0 Å². The summed E-state index contributed by atoms with van der Waals surface area (Å²) < 4.78 is 22.7. The fraction of sp³-hybridized carbons (Fsp3) is 0.571. The smallest absolute Gasteiger partial charge is 0.175 e. The van der Waals surface area contributed by atoms with Crippen molar-refractivity contribution in [3.63, 3.8) is 0 Å². The predicted molar refractivity (Wildman–Crippen MR) is 82.3 cm³/mol. The molecule has 0 aromatic heterocycles. The first-order chi connectivity index (χ1) is 8.74. The summed E-state index contributed by atoms with van der Waals surface area (Å²) >= 11 is 1.76. The minimum atomic E-state index is -3.09. The number of sulfone groups is 1. The van der Waals surface area contributed by atoms with Crippen LogP contribution >= 0.6 is 11.8 Å². The number of nitrogens with two attached hydrogens (primary N) is 1. The van der Waals surface area contributed by atoms with E-state index in [1.165, 1.54) is 6.26 Å². The SMILES string of the molecule is CC(C)(CN)CCCSc1ccc(S(C)(=O)=O)cc1. The first-order valence-corrected chi connectivity index (χ1v) is 9.25. The summed E-state index contributed by atoms with van der Waals surface area (Å²) in [5.41, 5.74) is 5.90. The summed E-state index contributed by atoms with van der Waals surface area (Å²) in [5, 5.41) is 0. The third-order valence-corrected chi connectivity index (χ3v) is 5.30. The zero-order valence-corrected chi connectivity index (χ0v) is 13.5. The van der Waals surface area contributed by atoms with Gasteiger partial charge < -0.3 is 5.73 Å². The average Bonchev–Trinajstić information content (AvgIpc) is 2.34. The first-order valence-electron chi connectivity index (χ1n) is 6.38. The predicted octanol–water partition coefficient (Wildman–Crippen LogP) is 2.95. The van der Waals surface area contributed by atoms with Gasteiger partial charge in [-0.3, -0.25) is 0 Å². The molecule has 0 radical (unpaired) electrons. The minimum absolute atomic E-state index is 0.209. The second-order valence-corrected chi connectivity index (χ2v) is 8.75. The van der Waals surface area contributed by atoms with Gasteiger partial charge in [-0.2, -0.15) is 0 Å². The van der Waals surface area contributed by atoms with E-state index in [1.54, 1.807) is 23.9 Å². The lowest BCUT2D eigenvalue weighted by Gasteiger charge is -2.21. The molecule has 0 amide bonds. The number of hydrogen-bond donors (Lipinski definition) is 1. The average molecular weight is 301 g/mol. The van der Waals surface area contributed by atoms with Crippen LogP contribution in [0.3, 0.4) is 0 Å². The second-order valence-electron chi connectivity index (χ2n) is 5.56. The highest BCUT2D eigenvalue weighted by molar-refractivity contribution is 7.99. The number of thioether (sulfide) groups is 1. The van der Waals surface area contributed by atoms with Gasteiger partial charge in [-0.05, 0) is 54.8 Å². The van der Waals surface area contributed by atoms with Crippen LogP contribution in [0.2, 0.25) is 0 Å². The molecule has 19 heavy (non-hydrogen) atoms. The molecule has 3 nitrogen and oxygen atoms in total. The fourth-order valence-electron chi connectivity index (χ4n) is 1.63. The molecule has 1 rings (SSSR count). The number of benzene rings is 1. The summed E-state index contributed by atoms with van der Waals surface area (Å²) in [4.78, 5) is 1.49. The van der Waals surface area contributed by atoms with Crippen molar-refractivity contribution in [1.82, 2.24) is 0 Å². The third kappa shape index (κ3) is 5.97. The Bertz CT molecular complexity index is 493. The molecule has 1 aromatic carbocycles. The number of rotatable bonds is 7. The van der Waals surface area contributed by atoms with Crippen molar-refractivity contribution in [2.45, 2.75) is 36.5 Å². The summed E-state index contributed by atoms with van der Waals surface area (Å²) in [7, 11) is -3.09. The van der Waals surface area contributed by atoms with E-state index in [2.05, 4.69) is 13.8 Å². The summed E-state index contributed by atoms with van der Waals surface area (Å²) in [5.74, 6) is 1.03. The van der Waals surface area contributed by atoms with E-state index < -0.39 is 9.84 Å². The van der Waals surface area contributed by atoms with Crippen LogP contribution in [0.25, 0.3) is 0 Å². The molecule has 0 fully saturated rings. The Morgan fingerprint density at radius 1 is 1.21 bits per heavy atom. The molecule has 0 unspecified atom stereocenters. The largest absolute Gasteiger partial charge is 0.330 e. The highest BCUT2D eigenvalue weighted by atomic mass is 32.2. The molecule has 108 valence electrons. The molecule has 0 aliphatic rings. The van der Waals surface area contributed by atoms with Crippen LogP contribution in [0.1, 0.15) is 26.7 Å². The molecule has 0 saturated heterocycles. The van der Waals surface area contributed by atoms with E-state index in [4.69, 9.17) is 5.73 Å². The van der Waals surface area contributed by atoms with E-state index in [9.17, 15) is 8.42 Å². The molecule has 0 saturated carbocycles. The molecule has 1 aromatic rings. The first kappa shape index (κ1) is 16.5. The van der Waals surface area contributed by atoms with Crippen molar-refractivity contribution in [3.05, 3.63) is 24.3 Å². The van der Waals surface area contributed by atoms with Gasteiger partial charge in [0, 0.05) is 11.2 Å². The highest BCUT2D eigenvalue weighted by Crippen LogP contribution is 2.25. The van der Waals surface area contributed by atoms with E-state index in [-0.39, 0.29) is 5.41 Å². The van der Waals surface area contributed by atoms with Crippen molar-refractivity contribution < 1.29 is 8.42 Å². The van der Waals surface area contributed by atoms with E-state index in [1.807, 2.05) is 12.1 Å². The van der Waals surface area contributed by atoms with Crippen molar-refractivity contribution in [1.29, 1.82) is 0 Å². The second kappa shape index (κ2) is 6.77. The fourth-order valence-corrected chi connectivity index (χ4v) is 3.11. The third-order valence-electron chi connectivity index (χ3n) is 3.07. The van der Waals surface area contributed by atoms with E-state index in [0.29, 0.717) is 11.4 Å². The molecule has 0 bridgehead atoms. The lowest BCUT2D eigenvalue weighted by Crippen LogP contribution is -2.23. The summed E-state index contributed by atoms with van der Waals surface area (Å²) in [6.45, 7) is 5.07. The van der Waals surface area contributed by atoms with E-state index in [0.717, 1.165) is 23.5 Å². The van der Waals surface area contributed by atoms with Crippen LogP contribution in [0.5, 0.6) is 0 Å². The highest BCUT2D eigenvalue weighted by Gasteiger charge is 2.14. The molecule has 0 aliphatic carbocycles. The molecule has 0 spiro atoms. The maximum absolute atomic E-state index is 11.3. The molecule has 0 heterocycles. The van der Waals surface area contributed by atoms with Gasteiger partial charge in [0.1, 0.15) is 0 Å². The van der Waals surface area contributed by atoms with Crippen LogP contribution in [-0.4, -0.2) is 27.0 Å². The van der Waals surface area contributed by atoms with Crippen molar-refractivity contribution >= 4 is 21.6 Å². The molecule has 0 aliphatic heterocycles. The Hall–Kier alpha value is -0.520. The van der Waals surface area contributed by atoms with Gasteiger partial charge in [0.15, 0.2) is 9.84 Å². The van der Waals surface area contributed by atoms with Gasteiger partial charge in [-0.15, -0.1) is 11.8 Å². The lowest BCUT2D eigenvalue weighted by molar-refractivity contribution is 0.345. The zero-order valence-electron chi connectivity index (χ0n) is 11.8. The molecule has 2 N–H and O–H groups in total. The molecular weight excluding hydrogens is 278 g/mol. The summed E-state index contributed by atoms with van der Waals surface area (Å²) in [6, 6.07) is 7.08. The lowest BCUT2D eigenvalue weighted by atomic mass is 9.88. The Morgan fingerprint density at radius 2 is 1.79 bits per heavy atom. The van der Waals surface area contributed by atoms with Crippen molar-refractivity contribution in [2.75, 3.05) is 18.6 Å². The standard InChI is InChI=1S/C14H23NO2S2/c1-14(2,11-15)9-4-10-18-12-5-7-13(8-6-12)19(3,16)17/h5-8H,4,9-11,15H2,1-3H3. The number of hydrogen-bond acceptors (Lipinski definition) is 4. The Labute approximate surface area is 120 Å². The maximum Gasteiger partial charge on any atom is 0.175 e. The monoisotopic (exact) mass is 301 g/mol. The molecular formula is C14H23NO2S2. The van der Waals surface area contributed by atoms with Gasteiger partial charge in [0.2, 0.25) is 0 Å². The van der Waals surface area contributed by atoms with Crippen LogP contribution in [0, 0.1) is 5.41 Å². The van der Waals surface area contributed by atoms with Gasteiger partial charge in [-0.25, -0.2) is 8.42 Å². The Balaban J connectivity index is 2.43. The van der Waals surface area contributed by atoms with Crippen LogP contribution in [-0.2, 0) is 9.84 Å². The molecule has 0 atom stereocenters. The van der Waals surface area contributed by atoms with E-state index >= 15 is 0 Å². The normalized spacial score (nSPS) is 12.6. The van der Waals surface area contributed by atoms with Crippen LogP contribution in [0.4, 0.5) is 0 Å². The Morgan fingerprint density at radius 3 is 2.26 bits per heavy atom. The van der Waals surface area contributed by atoms with Crippen LogP contribution < -0.4 is 5.73 Å². The van der Waals surface area contributed by atoms with Crippen molar-refractivity contribution in [2.24, 2.45) is 11.1 Å². The quantitative estimate of drug-likeness (QED) is 0.621. The zero-order chi connectivity index (χ0) is 14.5. The van der Waals surface area contributed by atoms with Gasteiger partial charge in [-0.1, -0.05) is 13.8 Å². The summed E-state index contributed by atoms with van der Waals surface area (Å²) in [6.07, 6.45) is 3.45. The van der Waals surface area contributed by atoms with Gasteiger partial charge >= 0.3 is 0 Å². The van der Waals surface area contributed by atoms with Crippen LogP contribution in [0.15, 0.2) is 34.1 Å². The Kier molecular flexibility index (Phi) is 5.89. The minimum Gasteiger partial charge on any atom is -0.330 e. The topological polar surface area (TPSA) is 60.2 Å². The van der Waals surface area contributed by atoms with Crippen molar-refractivity contribution in [3.8, 4) is 0 Å². The van der Waals surface area contributed by atoms with Gasteiger partial charge in [0.05, 0.1) is 4.90 Å². The molecule has 5 heteroatoms.